The van der Waals surface area contributed by atoms with Gasteiger partial charge in [-0.15, -0.1) is 0 Å². The molecule has 0 radical (unpaired) electrons. The lowest BCUT2D eigenvalue weighted by Gasteiger charge is -2.21. The summed E-state index contributed by atoms with van der Waals surface area (Å²) in [5, 5.41) is 9.90. The Morgan fingerprint density at radius 1 is 1.39 bits per heavy atom. The lowest BCUT2D eigenvalue weighted by atomic mass is 10.1. The van der Waals surface area contributed by atoms with Gasteiger partial charge >= 0.3 is 0 Å². The highest BCUT2D eigenvalue weighted by Gasteiger charge is 2.19. The first-order valence-electron chi connectivity index (χ1n) is 6.12. The fourth-order valence-corrected chi connectivity index (χ4v) is 1.69. The van der Waals surface area contributed by atoms with E-state index in [2.05, 4.69) is 0 Å². The third-order valence-electron chi connectivity index (χ3n) is 2.76. The van der Waals surface area contributed by atoms with Gasteiger partial charge in [-0.2, -0.15) is 0 Å². The lowest BCUT2D eigenvalue weighted by Crippen LogP contribution is -2.35. The summed E-state index contributed by atoms with van der Waals surface area (Å²) in [6.07, 6.45) is -0.524. The number of aliphatic hydroxyl groups is 1. The van der Waals surface area contributed by atoms with E-state index >= 15 is 0 Å². The highest BCUT2D eigenvalue weighted by atomic mass is 16.5. The zero-order valence-corrected chi connectivity index (χ0v) is 11.4. The lowest BCUT2D eigenvalue weighted by molar-refractivity contribution is -0.135. The number of hydrogen-bond acceptors (Lipinski definition) is 3. The summed E-state index contributed by atoms with van der Waals surface area (Å²) in [7, 11) is 3.38. The molecule has 1 rings (SSSR count). The maximum atomic E-state index is 11.7. The van der Waals surface area contributed by atoms with Crippen molar-refractivity contribution in [3.05, 3.63) is 29.8 Å². The molecule has 100 valence electrons. The minimum Gasteiger partial charge on any atom is -0.481 e. The van der Waals surface area contributed by atoms with E-state index in [-0.39, 0.29) is 5.91 Å². The van der Waals surface area contributed by atoms with E-state index in [1.807, 2.05) is 25.1 Å². The minimum atomic E-state index is -0.567. The van der Waals surface area contributed by atoms with Gasteiger partial charge < -0.3 is 14.7 Å². The van der Waals surface area contributed by atoms with Crippen molar-refractivity contribution in [3.8, 4) is 5.75 Å². The molecule has 0 aliphatic carbocycles. The fraction of sp³-hybridized carbons (Fsp3) is 0.500. The van der Waals surface area contributed by atoms with Gasteiger partial charge in [-0.25, -0.2) is 0 Å². The molecule has 1 amide bonds. The number of aliphatic hydroxyl groups excluding tert-OH is 1. The van der Waals surface area contributed by atoms with Gasteiger partial charge in [0.05, 0.1) is 6.10 Å². The number of hydrogen-bond donors (Lipinski definition) is 1. The van der Waals surface area contributed by atoms with E-state index in [0.717, 1.165) is 5.56 Å². The maximum Gasteiger partial charge on any atom is 0.262 e. The first-order chi connectivity index (χ1) is 8.47. The van der Waals surface area contributed by atoms with Crippen LogP contribution in [-0.2, 0) is 4.79 Å². The third kappa shape index (κ3) is 3.47. The van der Waals surface area contributed by atoms with Gasteiger partial charge in [-0.3, -0.25) is 4.79 Å². The van der Waals surface area contributed by atoms with Gasteiger partial charge in [-0.05, 0) is 19.4 Å². The molecule has 4 nitrogen and oxygen atoms in total. The summed E-state index contributed by atoms with van der Waals surface area (Å²) in [6.45, 7) is 3.60. The number of nitrogens with zero attached hydrogens (tertiary/aromatic N) is 1. The second kappa shape index (κ2) is 6.40. The van der Waals surface area contributed by atoms with Gasteiger partial charge in [0, 0.05) is 19.7 Å². The molecule has 0 bridgehead atoms. The van der Waals surface area contributed by atoms with Crippen LogP contribution in [0.2, 0.25) is 0 Å². The molecule has 18 heavy (non-hydrogen) atoms. The molecular formula is C14H21NO3. The Labute approximate surface area is 108 Å². The quantitative estimate of drug-likeness (QED) is 0.870. The number of benzene rings is 1. The number of carbonyl (C=O) groups is 1. The van der Waals surface area contributed by atoms with Crippen LogP contribution in [-0.4, -0.2) is 36.1 Å². The molecule has 0 heterocycles. The number of likely N-dealkylation sites (N-methyl/N-ethyl adjacent to an activating group) is 1. The molecule has 2 atom stereocenters. The van der Waals surface area contributed by atoms with Crippen molar-refractivity contribution in [1.29, 1.82) is 0 Å². The van der Waals surface area contributed by atoms with E-state index in [0.29, 0.717) is 12.2 Å². The smallest absolute Gasteiger partial charge is 0.262 e. The predicted molar refractivity (Wildman–Crippen MR) is 70.5 cm³/mol. The Kier molecular flexibility index (Phi) is 5.16. The Balaban J connectivity index is 2.87. The Morgan fingerprint density at radius 3 is 2.56 bits per heavy atom. The molecule has 0 fully saturated rings. The molecule has 2 unspecified atom stereocenters. The molecule has 1 aromatic carbocycles. The van der Waals surface area contributed by atoms with E-state index in [9.17, 15) is 9.90 Å². The molecule has 0 aromatic heterocycles. The fourth-order valence-electron chi connectivity index (χ4n) is 1.69. The summed E-state index contributed by atoms with van der Waals surface area (Å²) in [6, 6.07) is 7.26. The number of ether oxygens (including phenoxy) is 1. The van der Waals surface area contributed by atoms with E-state index < -0.39 is 12.2 Å². The average Bonchev–Trinajstić information content (AvgIpc) is 2.37. The van der Waals surface area contributed by atoms with Crippen molar-refractivity contribution in [1.82, 2.24) is 4.90 Å². The number of amides is 1. The molecule has 0 aliphatic rings. The molecule has 1 aromatic rings. The summed E-state index contributed by atoms with van der Waals surface area (Å²) < 4.78 is 5.64. The van der Waals surface area contributed by atoms with Crippen molar-refractivity contribution in [3.63, 3.8) is 0 Å². The highest BCUT2D eigenvalue weighted by Crippen LogP contribution is 2.27. The van der Waals surface area contributed by atoms with Gasteiger partial charge in [0.25, 0.3) is 5.91 Å². The van der Waals surface area contributed by atoms with Crippen LogP contribution in [0.5, 0.6) is 5.75 Å². The van der Waals surface area contributed by atoms with Crippen LogP contribution in [0.15, 0.2) is 24.3 Å². The highest BCUT2D eigenvalue weighted by molar-refractivity contribution is 5.80. The van der Waals surface area contributed by atoms with Gasteiger partial charge in [-0.1, -0.05) is 25.1 Å². The van der Waals surface area contributed by atoms with Crippen molar-refractivity contribution in [2.24, 2.45) is 0 Å². The number of carbonyl (C=O) groups excluding carboxylic acids is 1. The molecule has 0 aliphatic heterocycles. The zero-order chi connectivity index (χ0) is 13.7. The summed E-state index contributed by atoms with van der Waals surface area (Å²) in [5.41, 5.74) is 0.721. The Morgan fingerprint density at radius 2 is 2.00 bits per heavy atom. The third-order valence-corrected chi connectivity index (χ3v) is 2.76. The summed E-state index contributed by atoms with van der Waals surface area (Å²) in [4.78, 5) is 13.2. The van der Waals surface area contributed by atoms with E-state index in [1.165, 1.54) is 4.90 Å². The van der Waals surface area contributed by atoms with Crippen LogP contribution in [0.3, 0.4) is 0 Å². The molecule has 0 saturated heterocycles. The average molecular weight is 251 g/mol. The molecule has 0 spiro atoms. The summed E-state index contributed by atoms with van der Waals surface area (Å²) >= 11 is 0. The van der Waals surface area contributed by atoms with Gasteiger partial charge in [0.15, 0.2) is 6.10 Å². The summed E-state index contributed by atoms with van der Waals surface area (Å²) in [5.74, 6) is 0.463. The van der Waals surface area contributed by atoms with Crippen molar-refractivity contribution >= 4 is 5.91 Å². The van der Waals surface area contributed by atoms with Crippen LogP contribution in [0.4, 0.5) is 0 Å². The van der Waals surface area contributed by atoms with Crippen LogP contribution < -0.4 is 4.74 Å². The van der Waals surface area contributed by atoms with Crippen molar-refractivity contribution in [2.75, 3.05) is 14.1 Å². The first-order valence-corrected chi connectivity index (χ1v) is 6.12. The molecule has 4 heteroatoms. The van der Waals surface area contributed by atoms with E-state index in [4.69, 9.17) is 4.74 Å². The second-order valence-corrected chi connectivity index (χ2v) is 4.45. The zero-order valence-electron chi connectivity index (χ0n) is 11.4. The van der Waals surface area contributed by atoms with Crippen LogP contribution in [0.25, 0.3) is 0 Å². The number of rotatable bonds is 5. The van der Waals surface area contributed by atoms with Gasteiger partial charge in [0.2, 0.25) is 0 Å². The van der Waals surface area contributed by atoms with Crippen LogP contribution >= 0.6 is 0 Å². The van der Waals surface area contributed by atoms with Crippen LogP contribution in [0, 0.1) is 0 Å². The molecule has 1 N–H and O–H groups in total. The standard InChI is InChI=1S/C14H21NO3/c1-5-12(16)11-8-6-7-9-13(11)18-10(2)14(17)15(3)4/h6-10,12,16H,5H2,1-4H3. The topological polar surface area (TPSA) is 49.8 Å². The first kappa shape index (κ1) is 14.5. The largest absolute Gasteiger partial charge is 0.481 e. The monoisotopic (exact) mass is 251 g/mol. The van der Waals surface area contributed by atoms with Gasteiger partial charge in [0.1, 0.15) is 5.75 Å². The molecule has 0 saturated carbocycles. The second-order valence-electron chi connectivity index (χ2n) is 4.45. The molecular weight excluding hydrogens is 230 g/mol. The Bertz CT molecular complexity index is 404. The van der Waals surface area contributed by atoms with Crippen molar-refractivity contribution < 1.29 is 14.6 Å². The van der Waals surface area contributed by atoms with E-state index in [1.54, 1.807) is 27.1 Å². The normalized spacial score (nSPS) is 13.8. The van der Waals surface area contributed by atoms with Crippen LogP contribution in [0.1, 0.15) is 31.9 Å². The Hall–Kier alpha value is -1.55. The predicted octanol–water partition coefficient (Wildman–Crippen LogP) is 1.99. The number of para-hydroxylation sites is 1. The SMILES string of the molecule is CCC(O)c1ccccc1OC(C)C(=O)N(C)C. The van der Waals surface area contributed by atoms with Crippen molar-refractivity contribution in [2.45, 2.75) is 32.5 Å². The minimum absolute atomic E-state index is 0.101. The maximum absolute atomic E-state index is 11.7.